The van der Waals surface area contributed by atoms with Crippen LogP contribution in [0.5, 0.6) is 11.5 Å². The maximum Gasteiger partial charge on any atom is 0.253 e. The molecule has 7 heteroatoms. The summed E-state index contributed by atoms with van der Waals surface area (Å²) in [6.45, 7) is 5.68. The maximum atomic E-state index is 12.6. The average Bonchev–Trinajstić information content (AvgIpc) is 2.79. The predicted octanol–water partition coefficient (Wildman–Crippen LogP) is 3.13. The van der Waals surface area contributed by atoms with Gasteiger partial charge in [0.25, 0.3) is 5.91 Å². The third-order valence-electron chi connectivity index (χ3n) is 5.10. The summed E-state index contributed by atoms with van der Waals surface area (Å²) in [5, 5.41) is 2.81. The van der Waals surface area contributed by atoms with Crippen molar-refractivity contribution in [1.82, 2.24) is 9.80 Å². The first kappa shape index (κ1) is 22.4. The van der Waals surface area contributed by atoms with Gasteiger partial charge in [-0.1, -0.05) is 6.07 Å². The fraction of sp³-hybridized carbons (Fsp3) is 0.333. The number of piperazine rings is 1. The predicted molar refractivity (Wildman–Crippen MR) is 122 cm³/mol. The number of nitrogens with zero attached hydrogens (tertiary/aromatic N) is 2. The van der Waals surface area contributed by atoms with Crippen molar-refractivity contribution in [2.75, 3.05) is 52.3 Å². The number of carbonyl (C=O) groups is 2. The fourth-order valence-electron chi connectivity index (χ4n) is 3.31. The van der Waals surface area contributed by atoms with Gasteiger partial charge in [0.15, 0.2) is 11.5 Å². The molecule has 1 aliphatic rings. The molecule has 1 fully saturated rings. The molecule has 1 heterocycles. The first-order valence-electron chi connectivity index (χ1n) is 10.4. The number of hydrogen-bond acceptors (Lipinski definition) is 5. The Labute approximate surface area is 183 Å². The first-order chi connectivity index (χ1) is 15.0. The topological polar surface area (TPSA) is 71.1 Å². The minimum absolute atomic E-state index is 0.0234. The van der Waals surface area contributed by atoms with E-state index in [1.54, 1.807) is 37.5 Å². The lowest BCUT2D eigenvalue weighted by atomic mass is 10.1. The van der Waals surface area contributed by atoms with Crippen LogP contribution in [0.2, 0.25) is 0 Å². The molecule has 0 aliphatic carbocycles. The maximum absolute atomic E-state index is 12.6. The van der Waals surface area contributed by atoms with Crippen molar-refractivity contribution in [2.45, 2.75) is 6.92 Å². The van der Waals surface area contributed by atoms with Gasteiger partial charge in [-0.05, 0) is 62.0 Å². The number of anilines is 1. The van der Waals surface area contributed by atoms with Crippen LogP contribution in [0.15, 0.2) is 48.5 Å². The van der Waals surface area contributed by atoms with Gasteiger partial charge in [-0.3, -0.25) is 9.59 Å². The van der Waals surface area contributed by atoms with Crippen LogP contribution in [-0.4, -0.2) is 68.6 Å². The van der Waals surface area contributed by atoms with Crippen LogP contribution in [0.25, 0.3) is 6.08 Å². The highest BCUT2D eigenvalue weighted by molar-refractivity contribution is 6.02. The van der Waals surface area contributed by atoms with Crippen LogP contribution >= 0.6 is 0 Å². The van der Waals surface area contributed by atoms with Crippen molar-refractivity contribution < 1.29 is 19.1 Å². The highest BCUT2D eigenvalue weighted by atomic mass is 16.5. The van der Waals surface area contributed by atoms with E-state index < -0.39 is 0 Å². The molecule has 0 unspecified atom stereocenters. The minimum atomic E-state index is -0.258. The van der Waals surface area contributed by atoms with Crippen molar-refractivity contribution in [3.63, 3.8) is 0 Å². The Morgan fingerprint density at radius 1 is 1.03 bits per heavy atom. The van der Waals surface area contributed by atoms with E-state index in [9.17, 15) is 9.59 Å². The molecule has 0 bridgehead atoms. The second kappa shape index (κ2) is 10.6. The molecule has 164 valence electrons. The molecule has 1 saturated heterocycles. The van der Waals surface area contributed by atoms with Gasteiger partial charge >= 0.3 is 0 Å². The number of benzene rings is 2. The van der Waals surface area contributed by atoms with Crippen LogP contribution in [0.3, 0.4) is 0 Å². The van der Waals surface area contributed by atoms with Gasteiger partial charge in [0, 0.05) is 43.5 Å². The zero-order chi connectivity index (χ0) is 22.2. The summed E-state index contributed by atoms with van der Waals surface area (Å²) in [5.74, 6) is 1.05. The molecule has 31 heavy (non-hydrogen) atoms. The standard InChI is InChI=1S/C24H29N3O4/c1-4-31-21-11-5-18(17-22(21)30-3)6-12-23(28)25-20-9-7-19(8-10-20)24(29)27-15-13-26(2)14-16-27/h5-12,17H,4,13-16H2,1-3H3,(H,25,28)/b12-6+. The zero-order valence-electron chi connectivity index (χ0n) is 18.3. The summed E-state index contributed by atoms with van der Waals surface area (Å²) in [6.07, 6.45) is 3.16. The number of likely N-dealkylation sites (N-methyl/N-ethyl adjacent to an activating group) is 1. The van der Waals surface area contributed by atoms with E-state index in [1.807, 2.05) is 30.0 Å². The third kappa shape index (κ3) is 6.08. The van der Waals surface area contributed by atoms with E-state index in [0.717, 1.165) is 31.7 Å². The van der Waals surface area contributed by atoms with Gasteiger partial charge in [-0.15, -0.1) is 0 Å². The molecule has 3 rings (SSSR count). The highest BCUT2D eigenvalue weighted by Crippen LogP contribution is 2.28. The number of amides is 2. The number of hydrogen-bond donors (Lipinski definition) is 1. The second-order valence-electron chi connectivity index (χ2n) is 7.34. The van der Waals surface area contributed by atoms with Crippen LogP contribution in [0.4, 0.5) is 5.69 Å². The van der Waals surface area contributed by atoms with Gasteiger partial charge < -0.3 is 24.6 Å². The molecule has 1 N–H and O–H groups in total. The van der Waals surface area contributed by atoms with Crippen LogP contribution in [0.1, 0.15) is 22.8 Å². The Balaban J connectivity index is 1.57. The fourth-order valence-corrected chi connectivity index (χ4v) is 3.31. The zero-order valence-corrected chi connectivity index (χ0v) is 18.3. The Morgan fingerprint density at radius 3 is 2.39 bits per heavy atom. The largest absolute Gasteiger partial charge is 0.493 e. The summed E-state index contributed by atoms with van der Waals surface area (Å²) >= 11 is 0. The van der Waals surface area contributed by atoms with Gasteiger partial charge in [0.1, 0.15) is 0 Å². The van der Waals surface area contributed by atoms with Gasteiger partial charge in [-0.2, -0.15) is 0 Å². The Bertz CT molecular complexity index is 932. The number of carbonyl (C=O) groups excluding carboxylic acids is 2. The van der Waals surface area contributed by atoms with E-state index in [-0.39, 0.29) is 11.8 Å². The molecule has 2 aromatic carbocycles. The Hall–Kier alpha value is -3.32. The lowest BCUT2D eigenvalue weighted by Gasteiger charge is -2.32. The van der Waals surface area contributed by atoms with Gasteiger partial charge in [0.2, 0.25) is 5.91 Å². The van der Waals surface area contributed by atoms with Gasteiger partial charge in [-0.25, -0.2) is 0 Å². The summed E-state index contributed by atoms with van der Waals surface area (Å²) < 4.78 is 10.8. The van der Waals surface area contributed by atoms with Crippen molar-refractivity contribution in [1.29, 1.82) is 0 Å². The smallest absolute Gasteiger partial charge is 0.253 e. The van der Waals surface area contributed by atoms with Crippen LogP contribution in [-0.2, 0) is 4.79 Å². The summed E-state index contributed by atoms with van der Waals surface area (Å²) in [5.41, 5.74) is 2.08. The highest BCUT2D eigenvalue weighted by Gasteiger charge is 2.20. The minimum Gasteiger partial charge on any atom is -0.493 e. The van der Waals surface area contributed by atoms with Crippen molar-refractivity contribution in [2.24, 2.45) is 0 Å². The van der Waals surface area contributed by atoms with E-state index in [0.29, 0.717) is 29.4 Å². The molecule has 0 radical (unpaired) electrons. The first-order valence-corrected chi connectivity index (χ1v) is 10.4. The molecule has 0 aromatic heterocycles. The summed E-state index contributed by atoms with van der Waals surface area (Å²) in [4.78, 5) is 28.9. The Morgan fingerprint density at radius 2 is 1.74 bits per heavy atom. The van der Waals surface area contributed by atoms with Crippen LogP contribution in [0, 0.1) is 0 Å². The third-order valence-corrected chi connectivity index (χ3v) is 5.10. The van der Waals surface area contributed by atoms with Crippen LogP contribution < -0.4 is 14.8 Å². The van der Waals surface area contributed by atoms with Crippen molar-refractivity contribution in [3.8, 4) is 11.5 Å². The monoisotopic (exact) mass is 423 g/mol. The van der Waals surface area contributed by atoms with E-state index in [2.05, 4.69) is 17.3 Å². The Kier molecular flexibility index (Phi) is 7.67. The lowest BCUT2D eigenvalue weighted by Crippen LogP contribution is -2.47. The summed E-state index contributed by atoms with van der Waals surface area (Å²) in [7, 11) is 3.64. The van der Waals surface area contributed by atoms with E-state index in [1.165, 1.54) is 6.08 Å². The number of methoxy groups -OCH3 is 1. The molecule has 0 atom stereocenters. The number of nitrogens with one attached hydrogen (secondary N) is 1. The van der Waals surface area contributed by atoms with E-state index in [4.69, 9.17) is 9.47 Å². The van der Waals surface area contributed by atoms with E-state index >= 15 is 0 Å². The average molecular weight is 424 g/mol. The molecule has 1 aliphatic heterocycles. The molecule has 0 spiro atoms. The summed E-state index contributed by atoms with van der Waals surface area (Å²) in [6, 6.07) is 12.5. The second-order valence-corrected chi connectivity index (χ2v) is 7.34. The molecule has 7 nitrogen and oxygen atoms in total. The molecule has 2 aromatic rings. The van der Waals surface area contributed by atoms with Gasteiger partial charge in [0.05, 0.1) is 13.7 Å². The normalized spacial score (nSPS) is 14.5. The quantitative estimate of drug-likeness (QED) is 0.693. The molecular formula is C24H29N3O4. The number of rotatable bonds is 7. The van der Waals surface area contributed by atoms with Crippen molar-refractivity contribution >= 4 is 23.6 Å². The molecule has 2 amide bonds. The lowest BCUT2D eigenvalue weighted by molar-refractivity contribution is -0.111. The molecular weight excluding hydrogens is 394 g/mol. The van der Waals surface area contributed by atoms with Crippen molar-refractivity contribution in [3.05, 3.63) is 59.7 Å². The molecule has 0 saturated carbocycles. The SMILES string of the molecule is CCOc1ccc(/C=C/C(=O)Nc2ccc(C(=O)N3CCN(C)CC3)cc2)cc1OC. The number of ether oxygens (including phenoxy) is 2.